The zero-order valence-electron chi connectivity index (χ0n) is 9.87. The van der Waals surface area contributed by atoms with Gasteiger partial charge in [-0.25, -0.2) is 9.97 Å². The van der Waals surface area contributed by atoms with Gasteiger partial charge in [0.25, 0.3) is 0 Å². The lowest BCUT2D eigenvalue weighted by Crippen LogP contribution is -1.98. The minimum atomic E-state index is 0.423. The number of benzene rings is 1. The first-order valence-corrected chi connectivity index (χ1v) is 5.95. The van der Waals surface area contributed by atoms with Crippen LogP contribution in [0.15, 0.2) is 24.5 Å². The lowest BCUT2D eigenvalue weighted by molar-refractivity contribution is 0.415. The van der Waals surface area contributed by atoms with Gasteiger partial charge in [-0.1, -0.05) is 23.2 Å². The summed E-state index contributed by atoms with van der Waals surface area (Å²) in [6, 6.07) is 5.39. The number of halogens is 2. The molecule has 6 heteroatoms. The fourth-order valence-corrected chi connectivity index (χ4v) is 1.83. The van der Waals surface area contributed by atoms with Crippen molar-refractivity contribution in [2.45, 2.75) is 6.92 Å². The predicted octanol–water partition coefficient (Wildman–Crippen LogP) is 3.84. The molecule has 0 aliphatic rings. The summed E-state index contributed by atoms with van der Waals surface area (Å²) in [7, 11) is 1.57. The molecular formula is C12H11Cl2N3O. The van der Waals surface area contributed by atoms with Crippen LogP contribution in [-0.4, -0.2) is 17.1 Å². The highest BCUT2D eigenvalue weighted by molar-refractivity contribution is 6.32. The van der Waals surface area contributed by atoms with Crippen LogP contribution >= 0.6 is 23.2 Å². The molecule has 0 bridgehead atoms. The summed E-state index contributed by atoms with van der Waals surface area (Å²) in [6.07, 6.45) is 1.41. The second-order valence-electron chi connectivity index (χ2n) is 3.61. The Kier molecular flexibility index (Phi) is 3.89. The third kappa shape index (κ3) is 2.66. The number of ether oxygens (including phenoxy) is 1. The summed E-state index contributed by atoms with van der Waals surface area (Å²) >= 11 is 12.0. The fraction of sp³-hybridized carbons (Fsp3) is 0.167. The summed E-state index contributed by atoms with van der Waals surface area (Å²) in [5, 5.41) is 4.08. The van der Waals surface area contributed by atoms with Crippen molar-refractivity contribution < 1.29 is 4.74 Å². The second-order valence-corrected chi connectivity index (χ2v) is 4.38. The Morgan fingerprint density at radius 1 is 1.22 bits per heavy atom. The third-order valence-electron chi connectivity index (χ3n) is 2.44. The van der Waals surface area contributed by atoms with E-state index >= 15 is 0 Å². The summed E-state index contributed by atoms with van der Waals surface area (Å²) in [6.45, 7) is 1.84. The molecule has 94 valence electrons. The van der Waals surface area contributed by atoms with Crippen LogP contribution in [0.1, 0.15) is 5.56 Å². The van der Waals surface area contributed by atoms with Crippen LogP contribution in [0, 0.1) is 6.92 Å². The number of methoxy groups -OCH3 is 1. The third-order valence-corrected chi connectivity index (χ3v) is 3.11. The molecule has 1 heterocycles. The summed E-state index contributed by atoms with van der Waals surface area (Å²) in [4.78, 5) is 8.02. The number of hydrogen-bond donors (Lipinski definition) is 1. The van der Waals surface area contributed by atoms with E-state index in [2.05, 4.69) is 15.3 Å². The highest BCUT2D eigenvalue weighted by atomic mass is 35.5. The van der Waals surface area contributed by atoms with Crippen molar-refractivity contribution in [1.82, 2.24) is 9.97 Å². The molecule has 2 aromatic rings. The van der Waals surface area contributed by atoms with Gasteiger partial charge >= 0.3 is 0 Å². The van der Waals surface area contributed by atoms with Crippen molar-refractivity contribution in [2.75, 3.05) is 12.4 Å². The van der Waals surface area contributed by atoms with Crippen LogP contribution in [0.3, 0.4) is 0 Å². The molecule has 1 N–H and O–H groups in total. The zero-order chi connectivity index (χ0) is 13.1. The average molecular weight is 284 g/mol. The van der Waals surface area contributed by atoms with Gasteiger partial charge in [-0.15, -0.1) is 0 Å². The fourth-order valence-electron chi connectivity index (χ4n) is 1.44. The lowest BCUT2D eigenvalue weighted by atomic mass is 10.3. The van der Waals surface area contributed by atoms with E-state index in [1.807, 2.05) is 13.0 Å². The molecule has 0 saturated carbocycles. The van der Waals surface area contributed by atoms with Gasteiger partial charge in [0, 0.05) is 11.3 Å². The van der Waals surface area contributed by atoms with E-state index in [0.717, 1.165) is 11.3 Å². The Balaban J connectivity index is 2.29. The van der Waals surface area contributed by atoms with Crippen molar-refractivity contribution in [3.05, 3.63) is 40.3 Å². The second kappa shape index (κ2) is 5.42. The molecule has 18 heavy (non-hydrogen) atoms. The molecule has 2 rings (SSSR count). The molecule has 0 spiro atoms. The van der Waals surface area contributed by atoms with Crippen molar-refractivity contribution in [1.29, 1.82) is 0 Å². The van der Waals surface area contributed by atoms with Gasteiger partial charge < -0.3 is 10.1 Å². The quantitative estimate of drug-likeness (QED) is 0.870. The van der Waals surface area contributed by atoms with Crippen LogP contribution in [0.4, 0.5) is 11.5 Å². The Labute approximate surface area is 115 Å². The van der Waals surface area contributed by atoms with Crippen LogP contribution < -0.4 is 10.1 Å². The first kappa shape index (κ1) is 12.9. The van der Waals surface area contributed by atoms with Crippen LogP contribution in [0.2, 0.25) is 10.2 Å². The predicted molar refractivity (Wildman–Crippen MR) is 73.1 cm³/mol. The molecule has 0 aliphatic heterocycles. The van der Waals surface area contributed by atoms with Gasteiger partial charge in [0.05, 0.1) is 12.1 Å². The van der Waals surface area contributed by atoms with Gasteiger partial charge in [-0.2, -0.15) is 0 Å². The van der Waals surface area contributed by atoms with Crippen molar-refractivity contribution in [2.24, 2.45) is 0 Å². The molecule has 1 aromatic carbocycles. The minimum Gasteiger partial charge on any atom is -0.495 e. The minimum absolute atomic E-state index is 0.423. The molecular weight excluding hydrogens is 273 g/mol. The standard InChI is InChI=1S/C12H11Cl2N3O/c1-7-11(14)15-6-16-12(7)17-8-3-4-10(18-2)9(13)5-8/h3-6H,1-2H3,(H,15,16,17). The van der Waals surface area contributed by atoms with E-state index in [1.54, 1.807) is 19.2 Å². The maximum absolute atomic E-state index is 6.04. The number of nitrogens with zero attached hydrogens (tertiary/aromatic N) is 2. The summed E-state index contributed by atoms with van der Waals surface area (Å²) in [5.41, 5.74) is 1.59. The van der Waals surface area contributed by atoms with Gasteiger partial charge in [-0.05, 0) is 25.1 Å². The Morgan fingerprint density at radius 3 is 2.67 bits per heavy atom. The topological polar surface area (TPSA) is 47.0 Å². The van der Waals surface area contributed by atoms with Gasteiger partial charge in [0.2, 0.25) is 0 Å². The van der Waals surface area contributed by atoms with E-state index in [0.29, 0.717) is 21.7 Å². The highest BCUT2D eigenvalue weighted by Gasteiger charge is 2.07. The molecule has 1 aromatic heterocycles. The zero-order valence-corrected chi connectivity index (χ0v) is 11.4. The molecule has 0 saturated heterocycles. The Hall–Kier alpha value is -1.52. The maximum Gasteiger partial charge on any atom is 0.138 e. The van der Waals surface area contributed by atoms with E-state index in [-0.39, 0.29) is 0 Å². The van der Waals surface area contributed by atoms with Crippen molar-refractivity contribution in [3.8, 4) is 5.75 Å². The number of aromatic nitrogens is 2. The molecule has 0 amide bonds. The molecule has 0 aliphatic carbocycles. The molecule has 0 atom stereocenters. The normalized spacial score (nSPS) is 10.2. The molecule has 0 radical (unpaired) electrons. The monoisotopic (exact) mass is 283 g/mol. The maximum atomic E-state index is 6.04. The SMILES string of the molecule is COc1ccc(Nc2ncnc(Cl)c2C)cc1Cl. The number of hydrogen-bond acceptors (Lipinski definition) is 4. The van der Waals surface area contributed by atoms with Gasteiger partial charge in [0.1, 0.15) is 23.0 Å². The largest absolute Gasteiger partial charge is 0.495 e. The van der Waals surface area contributed by atoms with Crippen LogP contribution in [0.25, 0.3) is 0 Å². The highest BCUT2D eigenvalue weighted by Crippen LogP contribution is 2.29. The van der Waals surface area contributed by atoms with E-state index < -0.39 is 0 Å². The van der Waals surface area contributed by atoms with E-state index in [4.69, 9.17) is 27.9 Å². The summed E-state index contributed by atoms with van der Waals surface area (Å²) < 4.78 is 5.09. The smallest absolute Gasteiger partial charge is 0.138 e. The van der Waals surface area contributed by atoms with Crippen molar-refractivity contribution in [3.63, 3.8) is 0 Å². The van der Waals surface area contributed by atoms with Gasteiger partial charge in [-0.3, -0.25) is 0 Å². The Bertz CT molecular complexity index is 575. The molecule has 4 nitrogen and oxygen atoms in total. The number of anilines is 2. The van der Waals surface area contributed by atoms with E-state index in [9.17, 15) is 0 Å². The summed E-state index contributed by atoms with van der Waals surface area (Å²) in [5.74, 6) is 1.27. The Morgan fingerprint density at radius 2 is 2.00 bits per heavy atom. The first-order chi connectivity index (χ1) is 8.61. The average Bonchev–Trinajstić information content (AvgIpc) is 2.35. The number of rotatable bonds is 3. The number of nitrogens with one attached hydrogen (secondary N) is 1. The van der Waals surface area contributed by atoms with E-state index in [1.165, 1.54) is 6.33 Å². The first-order valence-electron chi connectivity index (χ1n) is 5.19. The van der Waals surface area contributed by atoms with Gasteiger partial charge in [0.15, 0.2) is 0 Å². The molecule has 0 fully saturated rings. The van der Waals surface area contributed by atoms with Crippen LogP contribution in [0.5, 0.6) is 5.75 Å². The molecule has 0 unspecified atom stereocenters. The lowest BCUT2D eigenvalue weighted by Gasteiger charge is -2.10. The van der Waals surface area contributed by atoms with Crippen LogP contribution in [-0.2, 0) is 0 Å². The van der Waals surface area contributed by atoms with Crippen molar-refractivity contribution >= 4 is 34.7 Å².